The molecule has 0 saturated carbocycles. The van der Waals surface area contributed by atoms with Gasteiger partial charge in [-0.2, -0.15) is 0 Å². The monoisotopic (exact) mass is 402 g/mol. The van der Waals surface area contributed by atoms with Crippen molar-refractivity contribution in [3.63, 3.8) is 0 Å². The molecule has 0 saturated heterocycles. The first kappa shape index (κ1) is 20.1. The van der Waals surface area contributed by atoms with Crippen LogP contribution in [0.25, 0.3) is 0 Å². The van der Waals surface area contributed by atoms with Gasteiger partial charge < -0.3 is 29.6 Å². The first-order valence-corrected chi connectivity index (χ1v) is 9.42. The molecule has 0 amide bonds. The van der Waals surface area contributed by atoms with E-state index in [2.05, 4.69) is 24.5 Å². The van der Waals surface area contributed by atoms with Crippen LogP contribution < -0.4 is 29.6 Å². The van der Waals surface area contributed by atoms with E-state index in [1.54, 1.807) is 21.3 Å². The number of benzene rings is 2. The molecule has 1 atom stereocenters. The van der Waals surface area contributed by atoms with E-state index in [0.29, 0.717) is 10.9 Å². The third-order valence-corrected chi connectivity index (χ3v) is 4.86. The van der Waals surface area contributed by atoms with Crippen LogP contribution in [0.15, 0.2) is 36.4 Å². The van der Waals surface area contributed by atoms with Gasteiger partial charge in [0.15, 0.2) is 5.11 Å². The largest absolute Gasteiger partial charge is 0.497 e. The Kier molecular flexibility index (Phi) is 5.84. The lowest BCUT2D eigenvalue weighted by Gasteiger charge is -2.38. The molecule has 0 spiro atoms. The summed E-state index contributed by atoms with van der Waals surface area (Å²) in [6, 6.07) is 11.4. The summed E-state index contributed by atoms with van der Waals surface area (Å²) in [4.78, 5) is 0. The number of anilines is 1. The maximum absolute atomic E-state index is 6.14. The lowest BCUT2D eigenvalue weighted by molar-refractivity contribution is 0.0693. The average molecular weight is 403 g/mol. The lowest BCUT2D eigenvalue weighted by Crippen LogP contribution is -2.42. The van der Waals surface area contributed by atoms with Crippen molar-refractivity contribution in [2.75, 3.05) is 26.6 Å². The molecule has 1 aliphatic heterocycles. The summed E-state index contributed by atoms with van der Waals surface area (Å²) in [5.74, 6) is 2.94. The second kappa shape index (κ2) is 8.14. The molecule has 2 aromatic rings. The molecule has 1 aliphatic rings. The van der Waals surface area contributed by atoms with Crippen LogP contribution in [0.2, 0.25) is 0 Å². The number of fused-ring (bicyclic) bond motifs is 1. The van der Waals surface area contributed by atoms with Crippen molar-refractivity contribution in [2.45, 2.75) is 31.9 Å². The van der Waals surface area contributed by atoms with Crippen LogP contribution in [-0.2, 0) is 0 Å². The summed E-state index contributed by atoms with van der Waals surface area (Å²) in [5, 5.41) is 7.13. The first-order chi connectivity index (χ1) is 13.3. The third-order valence-electron chi connectivity index (χ3n) is 4.64. The van der Waals surface area contributed by atoms with Gasteiger partial charge >= 0.3 is 0 Å². The summed E-state index contributed by atoms with van der Waals surface area (Å²) in [6.45, 7) is 4.13. The van der Waals surface area contributed by atoms with E-state index < -0.39 is 0 Å². The number of rotatable bonds is 5. The number of hydrogen-bond donors (Lipinski definition) is 2. The van der Waals surface area contributed by atoms with E-state index in [4.69, 9.17) is 31.2 Å². The van der Waals surface area contributed by atoms with Crippen LogP contribution in [-0.4, -0.2) is 32.0 Å². The highest BCUT2D eigenvalue weighted by atomic mass is 32.1. The number of hydrogen-bond acceptors (Lipinski definition) is 5. The van der Waals surface area contributed by atoms with E-state index >= 15 is 0 Å². The second-order valence-electron chi connectivity index (χ2n) is 7.19. The van der Waals surface area contributed by atoms with E-state index in [1.165, 1.54) is 0 Å². The molecule has 2 aromatic carbocycles. The van der Waals surface area contributed by atoms with Crippen LogP contribution in [0.3, 0.4) is 0 Å². The Bertz CT molecular complexity index is 869. The van der Waals surface area contributed by atoms with Gasteiger partial charge in [0.05, 0.1) is 33.1 Å². The standard InChI is InChI=1S/C21H26N2O4S/c1-21(2)12-17(15-8-6-13(24-3)10-18(15)27-21)23-20(28)22-16-9-7-14(25-4)11-19(16)26-5/h6-11,17H,12H2,1-5H3,(H2,22,23,28)/t17-/m0/s1. The second-order valence-corrected chi connectivity index (χ2v) is 7.60. The van der Waals surface area contributed by atoms with E-state index in [-0.39, 0.29) is 11.6 Å². The SMILES string of the molecule is COc1ccc(NC(=S)N[C@H]2CC(C)(C)Oc3cc(OC)ccc32)c(OC)c1. The molecule has 6 nitrogen and oxygen atoms in total. The number of nitrogens with one attached hydrogen (secondary N) is 2. The maximum atomic E-state index is 6.14. The molecule has 2 N–H and O–H groups in total. The first-order valence-electron chi connectivity index (χ1n) is 9.01. The van der Waals surface area contributed by atoms with Crippen molar-refractivity contribution < 1.29 is 18.9 Å². The molecule has 0 aromatic heterocycles. The van der Waals surface area contributed by atoms with Gasteiger partial charge in [0, 0.05) is 24.1 Å². The molecule has 0 fully saturated rings. The molecule has 1 heterocycles. The Labute approximate surface area is 171 Å². The van der Waals surface area contributed by atoms with Gasteiger partial charge in [-0.15, -0.1) is 0 Å². The van der Waals surface area contributed by atoms with Crippen molar-refractivity contribution in [1.29, 1.82) is 0 Å². The van der Waals surface area contributed by atoms with Crippen LogP contribution >= 0.6 is 12.2 Å². The molecule has 0 radical (unpaired) electrons. The van der Waals surface area contributed by atoms with Crippen LogP contribution in [0, 0.1) is 0 Å². The predicted octanol–water partition coefficient (Wildman–Crippen LogP) is 4.30. The van der Waals surface area contributed by atoms with Gasteiger partial charge in [-0.1, -0.05) is 0 Å². The van der Waals surface area contributed by atoms with E-state index in [0.717, 1.165) is 34.9 Å². The highest BCUT2D eigenvalue weighted by Crippen LogP contribution is 2.41. The zero-order valence-electron chi connectivity index (χ0n) is 16.8. The summed E-state index contributed by atoms with van der Waals surface area (Å²) in [6.07, 6.45) is 0.772. The van der Waals surface area contributed by atoms with E-state index in [9.17, 15) is 0 Å². The predicted molar refractivity (Wildman–Crippen MR) is 114 cm³/mol. The van der Waals surface area contributed by atoms with Crippen LogP contribution in [0.1, 0.15) is 31.9 Å². The molecular formula is C21H26N2O4S. The Morgan fingerprint density at radius 1 is 1.04 bits per heavy atom. The summed E-state index contributed by atoms with van der Waals surface area (Å²) in [7, 11) is 4.88. The maximum Gasteiger partial charge on any atom is 0.171 e. The number of thiocarbonyl (C=S) groups is 1. The zero-order chi connectivity index (χ0) is 20.3. The van der Waals surface area contributed by atoms with Crippen molar-refractivity contribution in [3.8, 4) is 23.0 Å². The van der Waals surface area contributed by atoms with Gasteiger partial charge in [-0.3, -0.25) is 0 Å². The minimum Gasteiger partial charge on any atom is -0.497 e. The summed E-state index contributed by atoms with van der Waals surface area (Å²) in [5.41, 5.74) is 1.48. The smallest absolute Gasteiger partial charge is 0.171 e. The summed E-state index contributed by atoms with van der Waals surface area (Å²) >= 11 is 5.56. The minimum atomic E-state index is -0.329. The van der Waals surface area contributed by atoms with Gasteiger partial charge in [0.1, 0.15) is 28.6 Å². The van der Waals surface area contributed by atoms with Crippen LogP contribution in [0.4, 0.5) is 5.69 Å². The lowest BCUT2D eigenvalue weighted by atomic mass is 9.89. The Morgan fingerprint density at radius 2 is 1.71 bits per heavy atom. The molecule has 3 rings (SSSR count). The topological polar surface area (TPSA) is 61.0 Å². The Balaban J connectivity index is 1.79. The highest BCUT2D eigenvalue weighted by Gasteiger charge is 2.34. The van der Waals surface area contributed by atoms with Crippen molar-refractivity contribution in [1.82, 2.24) is 5.32 Å². The van der Waals surface area contributed by atoms with E-state index in [1.807, 2.05) is 36.4 Å². The molecule has 0 unspecified atom stereocenters. The van der Waals surface area contributed by atoms with Gasteiger partial charge in [0.25, 0.3) is 0 Å². The highest BCUT2D eigenvalue weighted by molar-refractivity contribution is 7.80. The fourth-order valence-electron chi connectivity index (χ4n) is 3.31. The number of methoxy groups -OCH3 is 3. The zero-order valence-corrected chi connectivity index (χ0v) is 17.6. The summed E-state index contributed by atoms with van der Waals surface area (Å²) < 4.78 is 22.1. The normalized spacial score (nSPS) is 17.0. The van der Waals surface area contributed by atoms with Crippen molar-refractivity contribution in [2.24, 2.45) is 0 Å². The quantitative estimate of drug-likeness (QED) is 0.723. The minimum absolute atomic E-state index is 0.00824. The Hall–Kier alpha value is -2.67. The van der Waals surface area contributed by atoms with Gasteiger partial charge in [-0.25, -0.2) is 0 Å². The van der Waals surface area contributed by atoms with Crippen molar-refractivity contribution in [3.05, 3.63) is 42.0 Å². The molecule has 150 valence electrons. The molecule has 0 bridgehead atoms. The number of ether oxygens (including phenoxy) is 4. The molecule has 7 heteroatoms. The average Bonchev–Trinajstić information content (AvgIpc) is 2.66. The fourth-order valence-corrected chi connectivity index (χ4v) is 3.56. The van der Waals surface area contributed by atoms with Crippen LogP contribution in [0.5, 0.6) is 23.0 Å². The van der Waals surface area contributed by atoms with Gasteiger partial charge in [0.2, 0.25) is 0 Å². The third kappa shape index (κ3) is 4.42. The van der Waals surface area contributed by atoms with Crippen molar-refractivity contribution >= 4 is 23.0 Å². The molecule has 28 heavy (non-hydrogen) atoms. The van der Waals surface area contributed by atoms with Gasteiger partial charge in [-0.05, 0) is 50.3 Å². The molecular weight excluding hydrogens is 376 g/mol. The fraction of sp³-hybridized carbons (Fsp3) is 0.381. The molecule has 0 aliphatic carbocycles. The Morgan fingerprint density at radius 3 is 2.39 bits per heavy atom.